The lowest BCUT2D eigenvalue weighted by Gasteiger charge is -2.13. The largest absolute Gasteiger partial charge is 0.381 e. The first-order chi connectivity index (χ1) is 10.1. The predicted molar refractivity (Wildman–Crippen MR) is 87.6 cm³/mol. The number of carbonyl (C=O) groups is 1. The van der Waals surface area contributed by atoms with Gasteiger partial charge in [-0.2, -0.15) is 0 Å². The number of hydrogen-bond acceptors (Lipinski definition) is 2. The Bertz CT molecular complexity index is 620. The number of nitrogens with one attached hydrogen (secondary N) is 1. The molecule has 0 aromatic heterocycles. The summed E-state index contributed by atoms with van der Waals surface area (Å²) in [6.45, 7) is 2.93. The molecule has 1 N–H and O–H groups in total. The molecule has 0 heterocycles. The van der Waals surface area contributed by atoms with Crippen molar-refractivity contribution in [2.45, 2.75) is 19.9 Å². The molecule has 110 valence electrons. The normalized spacial score (nSPS) is 10.2. The molecule has 0 radical (unpaired) electrons. The van der Waals surface area contributed by atoms with E-state index in [1.807, 2.05) is 24.3 Å². The van der Waals surface area contributed by atoms with Crippen molar-refractivity contribution in [3.8, 4) is 0 Å². The maximum absolute atomic E-state index is 12.0. The SMILES string of the molecule is CCc1ccccc1CNc1cccc(C(=O)N(C)C)c1. The molecule has 0 unspecified atom stereocenters. The molecule has 0 aliphatic carbocycles. The molecule has 3 heteroatoms. The number of aryl methyl sites for hydroxylation is 1. The van der Waals surface area contributed by atoms with E-state index in [1.165, 1.54) is 11.1 Å². The van der Waals surface area contributed by atoms with E-state index in [0.717, 1.165) is 18.7 Å². The lowest BCUT2D eigenvalue weighted by molar-refractivity contribution is 0.0827. The minimum atomic E-state index is 0.0209. The van der Waals surface area contributed by atoms with Gasteiger partial charge in [0.05, 0.1) is 0 Å². The van der Waals surface area contributed by atoms with Crippen molar-refractivity contribution in [2.24, 2.45) is 0 Å². The van der Waals surface area contributed by atoms with Gasteiger partial charge in [-0.1, -0.05) is 37.3 Å². The molecule has 2 aromatic rings. The van der Waals surface area contributed by atoms with E-state index >= 15 is 0 Å². The number of hydrogen-bond donors (Lipinski definition) is 1. The third-order valence-electron chi connectivity index (χ3n) is 3.50. The molecule has 0 aliphatic heterocycles. The molecule has 0 saturated carbocycles. The minimum Gasteiger partial charge on any atom is -0.381 e. The topological polar surface area (TPSA) is 32.3 Å². The average molecular weight is 282 g/mol. The Balaban J connectivity index is 2.10. The van der Waals surface area contributed by atoms with Crippen LogP contribution in [0, 0.1) is 0 Å². The first kappa shape index (κ1) is 15.1. The summed E-state index contributed by atoms with van der Waals surface area (Å²) in [7, 11) is 3.53. The molecule has 0 atom stereocenters. The van der Waals surface area contributed by atoms with Gasteiger partial charge in [0.2, 0.25) is 0 Å². The summed E-state index contributed by atoms with van der Waals surface area (Å²) in [5, 5.41) is 3.40. The van der Waals surface area contributed by atoms with Crippen molar-refractivity contribution in [3.63, 3.8) is 0 Å². The fourth-order valence-corrected chi connectivity index (χ4v) is 2.29. The van der Waals surface area contributed by atoms with Crippen molar-refractivity contribution >= 4 is 11.6 Å². The van der Waals surface area contributed by atoms with Gasteiger partial charge in [0.25, 0.3) is 5.91 Å². The maximum Gasteiger partial charge on any atom is 0.253 e. The van der Waals surface area contributed by atoms with Crippen LogP contribution in [0.2, 0.25) is 0 Å². The molecule has 3 nitrogen and oxygen atoms in total. The summed E-state index contributed by atoms with van der Waals surface area (Å²) >= 11 is 0. The van der Waals surface area contributed by atoms with Gasteiger partial charge in [0, 0.05) is 31.9 Å². The molecular weight excluding hydrogens is 260 g/mol. The number of rotatable bonds is 5. The maximum atomic E-state index is 12.0. The van der Waals surface area contributed by atoms with Crippen LogP contribution in [0.15, 0.2) is 48.5 Å². The van der Waals surface area contributed by atoms with Crippen molar-refractivity contribution < 1.29 is 4.79 Å². The Morgan fingerprint density at radius 2 is 1.76 bits per heavy atom. The first-order valence-corrected chi connectivity index (χ1v) is 7.24. The quantitative estimate of drug-likeness (QED) is 0.909. The second-order valence-corrected chi connectivity index (χ2v) is 5.26. The number of carbonyl (C=O) groups excluding carboxylic acids is 1. The van der Waals surface area contributed by atoms with Gasteiger partial charge in [-0.05, 0) is 35.7 Å². The van der Waals surface area contributed by atoms with Crippen LogP contribution in [0.4, 0.5) is 5.69 Å². The number of amides is 1. The molecule has 0 spiro atoms. The standard InChI is InChI=1S/C18H22N2O/c1-4-14-8-5-6-9-16(14)13-19-17-11-7-10-15(12-17)18(21)20(2)3/h5-12,19H,4,13H2,1-3H3. The molecule has 0 fully saturated rings. The Labute approximate surface area is 126 Å². The lowest BCUT2D eigenvalue weighted by Crippen LogP contribution is -2.21. The molecular formula is C18H22N2O. The van der Waals surface area contributed by atoms with E-state index in [2.05, 4.69) is 36.5 Å². The van der Waals surface area contributed by atoms with Crippen LogP contribution in [0.3, 0.4) is 0 Å². The summed E-state index contributed by atoms with van der Waals surface area (Å²) in [5.41, 5.74) is 4.32. The van der Waals surface area contributed by atoms with E-state index < -0.39 is 0 Å². The van der Waals surface area contributed by atoms with E-state index in [0.29, 0.717) is 5.56 Å². The monoisotopic (exact) mass is 282 g/mol. The van der Waals surface area contributed by atoms with E-state index in [9.17, 15) is 4.79 Å². The highest BCUT2D eigenvalue weighted by Crippen LogP contribution is 2.15. The van der Waals surface area contributed by atoms with Gasteiger partial charge in [-0.15, -0.1) is 0 Å². The van der Waals surface area contributed by atoms with Crippen molar-refractivity contribution in [1.82, 2.24) is 4.90 Å². The Kier molecular flexibility index (Phi) is 4.99. The highest BCUT2D eigenvalue weighted by atomic mass is 16.2. The predicted octanol–water partition coefficient (Wildman–Crippen LogP) is 3.56. The van der Waals surface area contributed by atoms with Crippen molar-refractivity contribution in [1.29, 1.82) is 0 Å². The highest BCUT2D eigenvalue weighted by Gasteiger charge is 2.08. The van der Waals surface area contributed by atoms with Crippen LogP contribution in [0.5, 0.6) is 0 Å². The van der Waals surface area contributed by atoms with Crippen LogP contribution in [0.25, 0.3) is 0 Å². The smallest absolute Gasteiger partial charge is 0.253 e. The third kappa shape index (κ3) is 3.85. The molecule has 1 amide bonds. The average Bonchev–Trinajstić information content (AvgIpc) is 2.52. The Hall–Kier alpha value is -2.29. The van der Waals surface area contributed by atoms with Crippen LogP contribution in [-0.4, -0.2) is 24.9 Å². The molecule has 0 saturated heterocycles. The van der Waals surface area contributed by atoms with Gasteiger partial charge >= 0.3 is 0 Å². The first-order valence-electron chi connectivity index (χ1n) is 7.24. The fourth-order valence-electron chi connectivity index (χ4n) is 2.29. The number of nitrogens with zero attached hydrogens (tertiary/aromatic N) is 1. The Morgan fingerprint density at radius 1 is 1.05 bits per heavy atom. The van der Waals surface area contributed by atoms with E-state index in [4.69, 9.17) is 0 Å². The zero-order chi connectivity index (χ0) is 15.2. The summed E-state index contributed by atoms with van der Waals surface area (Å²) in [5.74, 6) is 0.0209. The molecule has 2 aromatic carbocycles. The van der Waals surface area contributed by atoms with Gasteiger partial charge in [-0.3, -0.25) is 4.79 Å². The summed E-state index contributed by atoms with van der Waals surface area (Å²) in [6.07, 6.45) is 1.02. The summed E-state index contributed by atoms with van der Waals surface area (Å²) < 4.78 is 0. The van der Waals surface area contributed by atoms with Crippen LogP contribution < -0.4 is 5.32 Å². The number of benzene rings is 2. The second-order valence-electron chi connectivity index (χ2n) is 5.26. The van der Waals surface area contributed by atoms with E-state index in [1.54, 1.807) is 19.0 Å². The molecule has 2 rings (SSSR count). The van der Waals surface area contributed by atoms with Gasteiger partial charge < -0.3 is 10.2 Å². The van der Waals surface area contributed by atoms with Gasteiger partial charge in [0.15, 0.2) is 0 Å². The van der Waals surface area contributed by atoms with E-state index in [-0.39, 0.29) is 5.91 Å². The van der Waals surface area contributed by atoms with Crippen molar-refractivity contribution in [2.75, 3.05) is 19.4 Å². The summed E-state index contributed by atoms with van der Waals surface area (Å²) in [6, 6.07) is 16.1. The molecule has 21 heavy (non-hydrogen) atoms. The second kappa shape index (κ2) is 6.93. The minimum absolute atomic E-state index is 0.0209. The third-order valence-corrected chi connectivity index (χ3v) is 3.50. The highest BCUT2D eigenvalue weighted by molar-refractivity contribution is 5.94. The van der Waals surface area contributed by atoms with Crippen molar-refractivity contribution in [3.05, 3.63) is 65.2 Å². The van der Waals surface area contributed by atoms with Crippen LogP contribution in [-0.2, 0) is 13.0 Å². The van der Waals surface area contributed by atoms with Crippen LogP contribution in [0.1, 0.15) is 28.4 Å². The number of anilines is 1. The molecule has 0 aliphatic rings. The van der Waals surface area contributed by atoms with Crippen LogP contribution >= 0.6 is 0 Å². The zero-order valence-corrected chi connectivity index (χ0v) is 12.9. The van der Waals surface area contributed by atoms with Gasteiger partial charge in [-0.25, -0.2) is 0 Å². The fraction of sp³-hybridized carbons (Fsp3) is 0.278. The molecule has 0 bridgehead atoms. The Morgan fingerprint density at radius 3 is 2.43 bits per heavy atom. The summed E-state index contributed by atoms with van der Waals surface area (Å²) in [4.78, 5) is 13.6. The van der Waals surface area contributed by atoms with Gasteiger partial charge in [0.1, 0.15) is 0 Å². The zero-order valence-electron chi connectivity index (χ0n) is 12.9. The lowest BCUT2D eigenvalue weighted by atomic mass is 10.1.